The fourth-order valence-electron chi connectivity index (χ4n) is 8.38. The van der Waals surface area contributed by atoms with Crippen molar-refractivity contribution in [1.29, 1.82) is 0 Å². The van der Waals surface area contributed by atoms with Crippen molar-refractivity contribution in [2.75, 3.05) is 0 Å². The first-order chi connectivity index (χ1) is 25.3. The van der Waals surface area contributed by atoms with Crippen LogP contribution in [0, 0.1) is 0 Å². The van der Waals surface area contributed by atoms with Crippen LogP contribution in [0.4, 0.5) is 0 Å². The maximum Gasteiger partial charge on any atom is 0.236 e. The van der Waals surface area contributed by atoms with Crippen LogP contribution in [0.5, 0.6) is 0 Å². The summed E-state index contributed by atoms with van der Waals surface area (Å²) in [7, 11) is 0. The molecule has 0 aliphatic heterocycles. The Kier molecular flexibility index (Phi) is 5.53. The molecule has 0 N–H and O–H groups in total. The zero-order valence-corrected chi connectivity index (χ0v) is 28.7. The lowest BCUT2D eigenvalue weighted by molar-refractivity contribution is 1.02. The minimum atomic E-state index is 0.692. The quantitative estimate of drug-likeness (QED) is 0.182. The van der Waals surface area contributed by atoms with E-state index >= 15 is 0 Å². The highest BCUT2D eigenvalue weighted by atomic mass is 32.1. The Labute approximate surface area is 299 Å². The molecule has 0 saturated heterocycles. The SMILES string of the molecule is c1ccc2c(c1)ccc1sc3cc(-c4nc(-n5c6ccc7ccccc7c6c6c7ccccc7ccc65)nc5sc6ccccc6c45)ccc3c12. The highest BCUT2D eigenvalue weighted by molar-refractivity contribution is 7.26. The van der Waals surface area contributed by atoms with Crippen LogP contribution in [0.25, 0.3) is 112 Å². The summed E-state index contributed by atoms with van der Waals surface area (Å²) in [5.74, 6) is 0.692. The lowest BCUT2D eigenvalue weighted by Crippen LogP contribution is -2.02. The van der Waals surface area contributed by atoms with Gasteiger partial charge in [0.25, 0.3) is 0 Å². The Hall–Kier alpha value is -6.14. The molecule has 0 aliphatic rings. The van der Waals surface area contributed by atoms with Crippen molar-refractivity contribution >= 4 is 117 Å². The van der Waals surface area contributed by atoms with E-state index in [0.717, 1.165) is 32.5 Å². The third-order valence-electron chi connectivity index (χ3n) is 10.6. The van der Waals surface area contributed by atoms with Crippen LogP contribution >= 0.6 is 22.7 Å². The van der Waals surface area contributed by atoms with Gasteiger partial charge in [0.1, 0.15) is 4.83 Å². The minimum Gasteiger partial charge on any atom is -0.278 e. The zero-order valence-electron chi connectivity index (χ0n) is 27.1. The fraction of sp³-hybridized carbons (Fsp3) is 0. The van der Waals surface area contributed by atoms with E-state index in [4.69, 9.17) is 9.97 Å². The van der Waals surface area contributed by atoms with Gasteiger partial charge in [-0.15, -0.1) is 22.7 Å². The maximum absolute atomic E-state index is 5.57. The van der Waals surface area contributed by atoms with Crippen LogP contribution in [0.1, 0.15) is 0 Å². The Morgan fingerprint density at radius 2 is 0.961 bits per heavy atom. The molecule has 4 aromatic heterocycles. The second-order valence-corrected chi connectivity index (χ2v) is 15.4. The maximum atomic E-state index is 5.57. The van der Waals surface area contributed by atoms with E-state index in [1.165, 1.54) is 73.3 Å². The van der Waals surface area contributed by atoms with Crippen LogP contribution in [-0.4, -0.2) is 14.5 Å². The van der Waals surface area contributed by atoms with Crippen molar-refractivity contribution < 1.29 is 0 Å². The van der Waals surface area contributed by atoms with E-state index in [-0.39, 0.29) is 0 Å². The number of aromatic nitrogens is 3. The largest absolute Gasteiger partial charge is 0.278 e. The van der Waals surface area contributed by atoms with E-state index in [1.807, 2.05) is 11.3 Å². The summed E-state index contributed by atoms with van der Waals surface area (Å²) in [5, 5.41) is 14.9. The normalized spacial score (nSPS) is 12.3. The molecular formula is C46H25N3S2. The van der Waals surface area contributed by atoms with Crippen LogP contribution in [0.2, 0.25) is 0 Å². The molecule has 236 valence electrons. The van der Waals surface area contributed by atoms with Gasteiger partial charge in [-0.25, -0.2) is 9.97 Å². The molecule has 5 heteroatoms. The van der Waals surface area contributed by atoms with Gasteiger partial charge >= 0.3 is 0 Å². The standard InChI is InChI=1S/C46H25N3S2/c1-4-12-30-28(11-1)20-24-38-40(30)34-21-17-29(25-39(34)50-38)44-43-33-15-7-8-16-37(33)51-45(43)48-46(47-44)49-35-22-18-26-9-2-5-13-31(26)41(35)42-32-14-6-3-10-27(32)19-23-36(42)49/h1-25H. The summed E-state index contributed by atoms with van der Waals surface area (Å²) in [6.45, 7) is 0. The predicted molar refractivity (Wildman–Crippen MR) is 220 cm³/mol. The summed E-state index contributed by atoms with van der Waals surface area (Å²) in [6.07, 6.45) is 0. The van der Waals surface area contributed by atoms with Gasteiger partial charge in [-0.05, 0) is 62.6 Å². The molecule has 0 spiro atoms. The van der Waals surface area contributed by atoms with Crippen molar-refractivity contribution in [1.82, 2.24) is 14.5 Å². The number of hydrogen-bond acceptors (Lipinski definition) is 4. The van der Waals surface area contributed by atoms with Gasteiger partial charge in [0.05, 0.1) is 16.7 Å². The van der Waals surface area contributed by atoms with Crippen molar-refractivity contribution in [2.24, 2.45) is 0 Å². The molecule has 8 aromatic carbocycles. The second-order valence-electron chi connectivity index (χ2n) is 13.3. The van der Waals surface area contributed by atoms with Crippen molar-refractivity contribution in [3.05, 3.63) is 152 Å². The Bertz CT molecular complexity index is 3340. The summed E-state index contributed by atoms with van der Waals surface area (Å²) < 4.78 is 6.08. The summed E-state index contributed by atoms with van der Waals surface area (Å²) in [6, 6.07) is 55.1. The Balaban J connectivity index is 1.20. The van der Waals surface area contributed by atoms with Gasteiger partial charge in [0.15, 0.2) is 0 Å². The number of benzene rings is 8. The first kappa shape index (κ1) is 27.7. The molecule has 12 rings (SSSR count). The third kappa shape index (κ3) is 3.82. The van der Waals surface area contributed by atoms with Gasteiger partial charge in [0.2, 0.25) is 5.95 Å². The van der Waals surface area contributed by atoms with Gasteiger partial charge < -0.3 is 0 Å². The first-order valence-electron chi connectivity index (χ1n) is 17.2. The number of nitrogens with zero attached hydrogens (tertiary/aromatic N) is 3. The van der Waals surface area contributed by atoms with Crippen LogP contribution in [-0.2, 0) is 0 Å². The first-order valence-corrected chi connectivity index (χ1v) is 18.8. The number of thiophene rings is 2. The highest BCUT2D eigenvalue weighted by Crippen LogP contribution is 2.45. The average molecular weight is 684 g/mol. The highest BCUT2D eigenvalue weighted by Gasteiger charge is 2.22. The van der Waals surface area contributed by atoms with Gasteiger partial charge in [0, 0.05) is 52.0 Å². The summed E-state index contributed by atoms with van der Waals surface area (Å²) in [4.78, 5) is 12.0. The van der Waals surface area contributed by atoms with Crippen LogP contribution in [0.3, 0.4) is 0 Å². The molecule has 0 aliphatic carbocycles. The molecule has 12 aromatic rings. The molecule has 0 radical (unpaired) electrons. The molecule has 0 saturated carbocycles. The molecule has 0 amide bonds. The molecule has 4 heterocycles. The third-order valence-corrected chi connectivity index (χ3v) is 12.8. The van der Waals surface area contributed by atoms with E-state index in [0.29, 0.717) is 5.95 Å². The Morgan fingerprint density at radius 1 is 0.392 bits per heavy atom. The molecule has 0 unspecified atom stereocenters. The topological polar surface area (TPSA) is 30.7 Å². The zero-order chi connectivity index (χ0) is 33.2. The van der Waals surface area contributed by atoms with E-state index in [1.54, 1.807) is 11.3 Å². The summed E-state index contributed by atoms with van der Waals surface area (Å²) >= 11 is 3.60. The van der Waals surface area contributed by atoms with Crippen molar-refractivity contribution in [3.63, 3.8) is 0 Å². The molecule has 0 bridgehead atoms. The van der Waals surface area contributed by atoms with Crippen molar-refractivity contribution in [2.45, 2.75) is 0 Å². The fourth-order valence-corrected chi connectivity index (χ4v) is 10.6. The van der Waals surface area contributed by atoms with Gasteiger partial charge in [-0.1, -0.05) is 121 Å². The number of hydrogen-bond donors (Lipinski definition) is 0. The monoisotopic (exact) mass is 683 g/mol. The molecule has 51 heavy (non-hydrogen) atoms. The van der Waals surface area contributed by atoms with E-state index in [2.05, 4.69) is 156 Å². The average Bonchev–Trinajstić information content (AvgIpc) is 3.87. The predicted octanol–water partition coefficient (Wildman–Crippen LogP) is 13.4. The lowest BCUT2D eigenvalue weighted by atomic mass is 10.00. The van der Waals surface area contributed by atoms with Gasteiger partial charge in [-0.3, -0.25) is 4.57 Å². The summed E-state index contributed by atoms with van der Waals surface area (Å²) in [5.41, 5.74) is 4.29. The van der Waals surface area contributed by atoms with Crippen molar-refractivity contribution in [3.8, 4) is 17.2 Å². The van der Waals surface area contributed by atoms with Crippen LogP contribution in [0.15, 0.2) is 152 Å². The smallest absolute Gasteiger partial charge is 0.236 e. The van der Waals surface area contributed by atoms with Crippen LogP contribution < -0.4 is 0 Å². The van der Waals surface area contributed by atoms with E-state index in [9.17, 15) is 0 Å². The number of fused-ring (bicyclic) bond motifs is 15. The molecule has 0 fully saturated rings. The molecule has 0 atom stereocenters. The number of rotatable bonds is 2. The Morgan fingerprint density at radius 3 is 1.65 bits per heavy atom. The molecular weight excluding hydrogens is 659 g/mol. The molecule has 3 nitrogen and oxygen atoms in total. The van der Waals surface area contributed by atoms with E-state index < -0.39 is 0 Å². The second kappa shape index (κ2) is 10.2. The lowest BCUT2D eigenvalue weighted by Gasteiger charge is -2.11. The minimum absolute atomic E-state index is 0.692. The van der Waals surface area contributed by atoms with Gasteiger partial charge in [-0.2, -0.15) is 0 Å².